The standard InChI is InChI=1S/C18H21N3O3S/c1-24-17(23)5-3-2-4-8-19-18-21-15(11-25-18)12-6-7-14-13(9-12)10-16(22)20-14/h6-7,9,11H,2-5,8,10H2,1H3,(H,19,21)(H,20,22). The number of aromatic nitrogens is 1. The molecule has 7 heteroatoms. The third-order valence-corrected chi connectivity index (χ3v) is 4.89. The number of thiazole rings is 1. The number of amides is 1. The molecule has 3 rings (SSSR count). The van der Waals surface area contributed by atoms with Crippen LogP contribution in [-0.2, 0) is 20.7 Å². The fraction of sp³-hybridized carbons (Fsp3) is 0.389. The van der Waals surface area contributed by atoms with Gasteiger partial charge >= 0.3 is 5.97 Å². The molecule has 0 bridgehead atoms. The number of hydrogen-bond acceptors (Lipinski definition) is 6. The summed E-state index contributed by atoms with van der Waals surface area (Å²) in [4.78, 5) is 27.1. The van der Waals surface area contributed by atoms with E-state index in [-0.39, 0.29) is 11.9 Å². The number of nitrogens with zero attached hydrogens (tertiary/aromatic N) is 1. The fourth-order valence-electron chi connectivity index (χ4n) is 2.74. The molecule has 0 saturated carbocycles. The van der Waals surface area contributed by atoms with Gasteiger partial charge in [-0.2, -0.15) is 0 Å². The van der Waals surface area contributed by atoms with E-state index in [1.54, 1.807) is 11.3 Å². The maximum atomic E-state index is 11.4. The molecule has 1 aromatic carbocycles. The van der Waals surface area contributed by atoms with Crippen LogP contribution < -0.4 is 10.6 Å². The van der Waals surface area contributed by atoms with Crippen molar-refractivity contribution in [3.63, 3.8) is 0 Å². The number of benzene rings is 1. The molecule has 0 saturated heterocycles. The summed E-state index contributed by atoms with van der Waals surface area (Å²) in [5.74, 6) is -0.108. The molecule has 1 aliphatic rings. The maximum absolute atomic E-state index is 11.4. The minimum atomic E-state index is -0.149. The Kier molecular flexibility index (Phi) is 5.65. The molecule has 0 fully saturated rings. The number of methoxy groups -OCH3 is 1. The Morgan fingerprint density at radius 3 is 3.08 bits per heavy atom. The zero-order chi connectivity index (χ0) is 17.6. The highest BCUT2D eigenvalue weighted by molar-refractivity contribution is 7.14. The minimum Gasteiger partial charge on any atom is -0.469 e. The smallest absolute Gasteiger partial charge is 0.305 e. The summed E-state index contributed by atoms with van der Waals surface area (Å²) in [6.07, 6.45) is 3.72. The predicted molar refractivity (Wildman–Crippen MR) is 98.9 cm³/mol. The molecular weight excluding hydrogens is 338 g/mol. The van der Waals surface area contributed by atoms with Gasteiger partial charge in [-0.3, -0.25) is 9.59 Å². The minimum absolute atomic E-state index is 0.0417. The maximum Gasteiger partial charge on any atom is 0.305 e. The lowest BCUT2D eigenvalue weighted by molar-refractivity contribution is -0.140. The molecule has 0 atom stereocenters. The highest BCUT2D eigenvalue weighted by Gasteiger charge is 2.18. The zero-order valence-corrected chi connectivity index (χ0v) is 14.9. The van der Waals surface area contributed by atoms with Crippen molar-refractivity contribution in [1.29, 1.82) is 0 Å². The van der Waals surface area contributed by atoms with Gasteiger partial charge in [0.15, 0.2) is 5.13 Å². The van der Waals surface area contributed by atoms with Crippen molar-refractivity contribution < 1.29 is 14.3 Å². The average Bonchev–Trinajstić information content (AvgIpc) is 3.22. The van der Waals surface area contributed by atoms with Crippen LogP contribution in [0.3, 0.4) is 0 Å². The molecular formula is C18H21N3O3S. The average molecular weight is 359 g/mol. The Balaban J connectivity index is 1.47. The largest absolute Gasteiger partial charge is 0.469 e. The summed E-state index contributed by atoms with van der Waals surface area (Å²) in [5.41, 5.74) is 3.86. The predicted octanol–water partition coefficient (Wildman–Crippen LogP) is 3.45. The summed E-state index contributed by atoms with van der Waals surface area (Å²) in [5, 5.41) is 9.07. The van der Waals surface area contributed by atoms with Crippen LogP contribution in [0.2, 0.25) is 0 Å². The lowest BCUT2D eigenvalue weighted by Crippen LogP contribution is -2.03. The van der Waals surface area contributed by atoms with Crippen LogP contribution in [0.15, 0.2) is 23.6 Å². The molecule has 0 unspecified atom stereocenters. The second kappa shape index (κ2) is 8.11. The van der Waals surface area contributed by atoms with Gasteiger partial charge in [-0.05, 0) is 30.5 Å². The molecule has 1 aromatic heterocycles. The lowest BCUT2D eigenvalue weighted by atomic mass is 10.1. The van der Waals surface area contributed by atoms with Gasteiger partial charge in [0, 0.05) is 29.6 Å². The quantitative estimate of drug-likeness (QED) is 0.557. The summed E-state index contributed by atoms with van der Waals surface area (Å²) in [7, 11) is 1.42. The molecule has 2 aromatic rings. The van der Waals surface area contributed by atoms with E-state index in [4.69, 9.17) is 0 Å². The Bertz CT molecular complexity index is 773. The molecule has 1 amide bonds. The van der Waals surface area contributed by atoms with E-state index in [0.29, 0.717) is 12.8 Å². The lowest BCUT2D eigenvalue weighted by Gasteiger charge is -2.03. The van der Waals surface area contributed by atoms with Gasteiger partial charge in [0.2, 0.25) is 5.91 Å². The normalized spacial score (nSPS) is 12.6. The molecule has 0 spiro atoms. The van der Waals surface area contributed by atoms with E-state index in [1.165, 1.54) is 7.11 Å². The van der Waals surface area contributed by atoms with Crippen LogP contribution in [0.1, 0.15) is 31.2 Å². The van der Waals surface area contributed by atoms with Crippen molar-refractivity contribution in [3.8, 4) is 11.3 Å². The van der Waals surface area contributed by atoms with E-state index >= 15 is 0 Å². The van der Waals surface area contributed by atoms with Crippen LogP contribution in [0.4, 0.5) is 10.8 Å². The van der Waals surface area contributed by atoms with Gasteiger partial charge in [-0.15, -0.1) is 11.3 Å². The number of carbonyl (C=O) groups excluding carboxylic acids is 2. The highest BCUT2D eigenvalue weighted by Crippen LogP contribution is 2.30. The molecule has 1 aliphatic heterocycles. The number of unbranched alkanes of at least 4 members (excludes halogenated alkanes) is 2. The second-order valence-corrected chi connectivity index (χ2v) is 6.81. The van der Waals surface area contributed by atoms with E-state index in [2.05, 4.69) is 20.4 Å². The monoisotopic (exact) mass is 359 g/mol. The number of nitrogens with one attached hydrogen (secondary N) is 2. The molecule has 132 valence electrons. The van der Waals surface area contributed by atoms with Gasteiger partial charge in [-0.1, -0.05) is 12.5 Å². The van der Waals surface area contributed by atoms with E-state index in [9.17, 15) is 9.59 Å². The number of fused-ring (bicyclic) bond motifs is 1. The van der Waals surface area contributed by atoms with Crippen LogP contribution in [0.5, 0.6) is 0 Å². The Morgan fingerprint density at radius 1 is 1.36 bits per heavy atom. The van der Waals surface area contributed by atoms with E-state index < -0.39 is 0 Å². The Hall–Kier alpha value is -2.41. The summed E-state index contributed by atoms with van der Waals surface area (Å²) in [6.45, 7) is 0.830. The summed E-state index contributed by atoms with van der Waals surface area (Å²) < 4.78 is 4.62. The molecule has 0 radical (unpaired) electrons. The molecule has 6 nitrogen and oxygen atoms in total. The number of esters is 1. The molecule has 2 heterocycles. The number of ether oxygens (including phenoxy) is 1. The number of anilines is 2. The van der Waals surface area contributed by atoms with Gasteiger partial charge in [0.25, 0.3) is 0 Å². The van der Waals surface area contributed by atoms with Gasteiger partial charge < -0.3 is 15.4 Å². The third-order valence-electron chi connectivity index (χ3n) is 4.09. The van der Waals surface area contributed by atoms with Crippen LogP contribution in [-0.4, -0.2) is 30.5 Å². The topological polar surface area (TPSA) is 80.3 Å². The summed E-state index contributed by atoms with van der Waals surface area (Å²) >= 11 is 1.57. The first-order chi connectivity index (χ1) is 12.2. The SMILES string of the molecule is COC(=O)CCCCCNc1nc(-c2ccc3c(c2)CC(=O)N3)cs1. The van der Waals surface area contributed by atoms with E-state index in [0.717, 1.165) is 53.4 Å². The van der Waals surface area contributed by atoms with Crippen molar-refractivity contribution in [1.82, 2.24) is 4.98 Å². The number of hydrogen-bond donors (Lipinski definition) is 2. The highest BCUT2D eigenvalue weighted by atomic mass is 32.1. The van der Waals surface area contributed by atoms with Gasteiger partial charge in [-0.25, -0.2) is 4.98 Å². The van der Waals surface area contributed by atoms with Gasteiger partial charge in [0.1, 0.15) is 0 Å². The number of rotatable bonds is 8. The Morgan fingerprint density at radius 2 is 2.24 bits per heavy atom. The first kappa shape index (κ1) is 17.4. The molecule has 25 heavy (non-hydrogen) atoms. The van der Waals surface area contributed by atoms with Crippen molar-refractivity contribution in [3.05, 3.63) is 29.1 Å². The first-order valence-corrected chi connectivity index (χ1v) is 9.23. The van der Waals surface area contributed by atoms with Crippen LogP contribution in [0.25, 0.3) is 11.3 Å². The Labute approximate surface area is 150 Å². The van der Waals surface area contributed by atoms with E-state index in [1.807, 2.05) is 23.6 Å². The second-order valence-electron chi connectivity index (χ2n) is 5.95. The van der Waals surface area contributed by atoms with Crippen molar-refractivity contribution in [2.75, 3.05) is 24.3 Å². The number of carbonyl (C=O) groups is 2. The third kappa shape index (κ3) is 4.57. The van der Waals surface area contributed by atoms with Crippen molar-refractivity contribution in [2.45, 2.75) is 32.1 Å². The molecule has 0 aliphatic carbocycles. The summed E-state index contributed by atoms with van der Waals surface area (Å²) in [6, 6.07) is 5.94. The van der Waals surface area contributed by atoms with Crippen LogP contribution in [0, 0.1) is 0 Å². The van der Waals surface area contributed by atoms with Gasteiger partial charge in [0.05, 0.1) is 19.2 Å². The van der Waals surface area contributed by atoms with Crippen molar-refractivity contribution >= 4 is 34.0 Å². The van der Waals surface area contributed by atoms with Crippen molar-refractivity contribution in [2.24, 2.45) is 0 Å². The fourth-order valence-corrected chi connectivity index (χ4v) is 3.49. The zero-order valence-electron chi connectivity index (χ0n) is 14.1. The first-order valence-electron chi connectivity index (χ1n) is 8.35. The van der Waals surface area contributed by atoms with Crippen LogP contribution >= 0.6 is 11.3 Å². The molecule has 2 N–H and O–H groups in total.